The van der Waals surface area contributed by atoms with Gasteiger partial charge in [0, 0.05) is 20.0 Å². The highest BCUT2D eigenvalue weighted by Gasteiger charge is 2.20. The first kappa shape index (κ1) is 14.2. The molecule has 116 valence electrons. The summed E-state index contributed by atoms with van der Waals surface area (Å²) >= 11 is 0. The number of aryl methyl sites for hydroxylation is 1. The molecule has 1 atom stereocenters. The van der Waals surface area contributed by atoms with Crippen LogP contribution in [0.1, 0.15) is 6.42 Å². The Balaban J connectivity index is 1.41. The molecule has 8 nitrogen and oxygen atoms in total. The van der Waals surface area contributed by atoms with E-state index < -0.39 is 0 Å². The average Bonchev–Trinajstić information content (AvgIpc) is 2.92. The molecule has 1 aliphatic heterocycles. The third-order valence-electron chi connectivity index (χ3n) is 3.16. The SMILES string of the molecule is Cn1cc(NC(=O)NCCC2COc3ccccc3O2)nn1. The van der Waals surface area contributed by atoms with Crippen LogP contribution >= 0.6 is 0 Å². The molecule has 0 aliphatic carbocycles. The highest BCUT2D eigenvalue weighted by molar-refractivity contribution is 5.87. The molecule has 1 aliphatic rings. The predicted molar refractivity (Wildman–Crippen MR) is 79.0 cm³/mol. The molecule has 2 amide bonds. The van der Waals surface area contributed by atoms with Gasteiger partial charge in [0.05, 0.1) is 6.20 Å². The topological polar surface area (TPSA) is 90.3 Å². The maximum atomic E-state index is 11.7. The highest BCUT2D eigenvalue weighted by Crippen LogP contribution is 2.31. The number of rotatable bonds is 4. The summed E-state index contributed by atoms with van der Waals surface area (Å²) in [6.45, 7) is 0.951. The maximum Gasteiger partial charge on any atom is 0.320 e. The molecule has 1 aromatic carbocycles. The van der Waals surface area contributed by atoms with Gasteiger partial charge in [0.25, 0.3) is 0 Å². The molecule has 0 fully saturated rings. The highest BCUT2D eigenvalue weighted by atomic mass is 16.6. The van der Waals surface area contributed by atoms with Gasteiger partial charge in [-0.15, -0.1) is 5.10 Å². The van der Waals surface area contributed by atoms with E-state index in [0.29, 0.717) is 25.4 Å². The summed E-state index contributed by atoms with van der Waals surface area (Å²) in [5.74, 6) is 1.90. The minimum absolute atomic E-state index is 0.0771. The Morgan fingerprint density at radius 1 is 1.41 bits per heavy atom. The van der Waals surface area contributed by atoms with Gasteiger partial charge >= 0.3 is 6.03 Å². The Morgan fingerprint density at radius 2 is 2.23 bits per heavy atom. The number of aromatic nitrogens is 3. The Morgan fingerprint density at radius 3 is 3.00 bits per heavy atom. The van der Waals surface area contributed by atoms with Gasteiger partial charge in [-0.2, -0.15) is 0 Å². The largest absolute Gasteiger partial charge is 0.486 e. The summed E-state index contributed by atoms with van der Waals surface area (Å²) in [5.41, 5.74) is 0. The zero-order valence-electron chi connectivity index (χ0n) is 12.2. The normalized spacial score (nSPS) is 16.1. The van der Waals surface area contributed by atoms with Gasteiger partial charge in [0.1, 0.15) is 12.7 Å². The molecule has 0 saturated heterocycles. The van der Waals surface area contributed by atoms with Gasteiger partial charge in [0.15, 0.2) is 17.3 Å². The summed E-state index contributed by atoms with van der Waals surface area (Å²) in [6.07, 6.45) is 2.20. The molecule has 2 heterocycles. The van der Waals surface area contributed by atoms with Crippen LogP contribution in [0.4, 0.5) is 10.6 Å². The number of fused-ring (bicyclic) bond motifs is 1. The first-order valence-electron chi connectivity index (χ1n) is 7.00. The number of carbonyl (C=O) groups is 1. The molecule has 0 bridgehead atoms. The van der Waals surface area contributed by atoms with Crippen LogP contribution in [0.5, 0.6) is 11.5 Å². The molecule has 0 saturated carbocycles. The fourth-order valence-electron chi connectivity index (χ4n) is 2.12. The zero-order chi connectivity index (χ0) is 15.4. The van der Waals surface area contributed by atoms with Gasteiger partial charge in [-0.3, -0.25) is 10.00 Å². The predicted octanol–water partition coefficient (Wildman–Crippen LogP) is 1.17. The number of anilines is 1. The van der Waals surface area contributed by atoms with E-state index in [0.717, 1.165) is 11.5 Å². The van der Waals surface area contributed by atoms with Crippen LogP contribution in [-0.4, -0.2) is 40.3 Å². The van der Waals surface area contributed by atoms with Crippen LogP contribution in [0, 0.1) is 0 Å². The van der Waals surface area contributed by atoms with E-state index in [-0.39, 0.29) is 12.1 Å². The Bertz CT molecular complexity index is 657. The third-order valence-corrected chi connectivity index (χ3v) is 3.16. The van der Waals surface area contributed by atoms with Crippen molar-refractivity contribution in [1.82, 2.24) is 20.3 Å². The van der Waals surface area contributed by atoms with Crippen molar-refractivity contribution in [3.63, 3.8) is 0 Å². The number of carbonyl (C=O) groups excluding carboxylic acids is 1. The monoisotopic (exact) mass is 303 g/mol. The molecule has 2 aromatic rings. The molecule has 2 N–H and O–H groups in total. The van der Waals surface area contributed by atoms with Gasteiger partial charge in [-0.1, -0.05) is 17.3 Å². The lowest BCUT2D eigenvalue weighted by atomic mass is 10.2. The number of ether oxygens (including phenoxy) is 2. The molecule has 22 heavy (non-hydrogen) atoms. The quantitative estimate of drug-likeness (QED) is 0.884. The van der Waals surface area contributed by atoms with Gasteiger partial charge in [0.2, 0.25) is 0 Å². The van der Waals surface area contributed by atoms with Crippen molar-refractivity contribution in [2.75, 3.05) is 18.5 Å². The molecule has 1 unspecified atom stereocenters. The van der Waals surface area contributed by atoms with E-state index in [1.165, 1.54) is 4.68 Å². The van der Waals surface area contributed by atoms with E-state index in [2.05, 4.69) is 20.9 Å². The number of urea groups is 1. The van der Waals surface area contributed by atoms with Crippen LogP contribution < -0.4 is 20.1 Å². The van der Waals surface area contributed by atoms with E-state index in [9.17, 15) is 4.79 Å². The number of para-hydroxylation sites is 2. The molecular formula is C14H17N5O3. The lowest BCUT2D eigenvalue weighted by Crippen LogP contribution is -2.35. The minimum Gasteiger partial charge on any atom is -0.486 e. The molecule has 0 radical (unpaired) electrons. The second kappa shape index (κ2) is 6.33. The molecule has 0 spiro atoms. The number of benzene rings is 1. The molecule has 3 rings (SSSR count). The maximum absolute atomic E-state index is 11.7. The average molecular weight is 303 g/mol. The van der Waals surface area contributed by atoms with Crippen molar-refractivity contribution in [3.8, 4) is 11.5 Å². The van der Waals surface area contributed by atoms with Crippen LogP contribution in [0.25, 0.3) is 0 Å². The van der Waals surface area contributed by atoms with E-state index in [4.69, 9.17) is 9.47 Å². The smallest absolute Gasteiger partial charge is 0.320 e. The first-order chi connectivity index (χ1) is 10.7. The fourth-order valence-corrected chi connectivity index (χ4v) is 2.12. The number of nitrogens with zero attached hydrogens (tertiary/aromatic N) is 3. The van der Waals surface area contributed by atoms with Crippen molar-refractivity contribution in [2.24, 2.45) is 7.05 Å². The Hall–Kier alpha value is -2.77. The molecule has 8 heteroatoms. The number of hydrogen-bond donors (Lipinski definition) is 2. The van der Waals surface area contributed by atoms with Crippen LogP contribution in [0.2, 0.25) is 0 Å². The Labute approximate surface area is 127 Å². The lowest BCUT2D eigenvalue weighted by molar-refractivity contribution is 0.0854. The van der Waals surface area contributed by atoms with Crippen molar-refractivity contribution in [1.29, 1.82) is 0 Å². The summed E-state index contributed by atoms with van der Waals surface area (Å²) in [4.78, 5) is 11.7. The lowest BCUT2D eigenvalue weighted by Gasteiger charge is -2.26. The van der Waals surface area contributed by atoms with E-state index in [1.54, 1.807) is 13.2 Å². The van der Waals surface area contributed by atoms with Crippen LogP contribution in [0.3, 0.4) is 0 Å². The van der Waals surface area contributed by atoms with E-state index in [1.807, 2.05) is 24.3 Å². The number of amides is 2. The van der Waals surface area contributed by atoms with E-state index >= 15 is 0 Å². The number of hydrogen-bond acceptors (Lipinski definition) is 5. The van der Waals surface area contributed by atoms with Crippen molar-refractivity contribution < 1.29 is 14.3 Å². The first-order valence-corrected chi connectivity index (χ1v) is 7.00. The molecule has 1 aromatic heterocycles. The summed E-state index contributed by atoms with van der Waals surface area (Å²) < 4.78 is 12.9. The van der Waals surface area contributed by atoms with Gasteiger partial charge < -0.3 is 14.8 Å². The number of nitrogens with one attached hydrogen (secondary N) is 2. The summed E-state index contributed by atoms with van der Waals surface area (Å²) in [7, 11) is 1.73. The molecular weight excluding hydrogens is 286 g/mol. The van der Waals surface area contributed by atoms with Gasteiger partial charge in [-0.25, -0.2) is 4.79 Å². The summed E-state index contributed by atoms with van der Waals surface area (Å²) in [6, 6.07) is 7.23. The van der Waals surface area contributed by atoms with Crippen LogP contribution in [-0.2, 0) is 7.05 Å². The summed E-state index contributed by atoms with van der Waals surface area (Å²) in [5, 5.41) is 12.9. The standard InChI is InChI=1S/C14H17N5O3/c1-19-8-13(17-18-19)16-14(20)15-7-6-10-9-21-11-4-2-3-5-12(11)22-10/h2-5,8,10H,6-7,9H2,1H3,(H2,15,16,20). The zero-order valence-corrected chi connectivity index (χ0v) is 12.2. The van der Waals surface area contributed by atoms with Crippen molar-refractivity contribution in [2.45, 2.75) is 12.5 Å². The van der Waals surface area contributed by atoms with Crippen molar-refractivity contribution in [3.05, 3.63) is 30.5 Å². The minimum atomic E-state index is -0.322. The Kier molecular flexibility index (Phi) is 4.08. The van der Waals surface area contributed by atoms with Crippen molar-refractivity contribution >= 4 is 11.8 Å². The fraction of sp³-hybridized carbons (Fsp3) is 0.357. The second-order valence-corrected chi connectivity index (χ2v) is 4.94. The van der Waals surface area contributed by atoms with Gasteiger partial charge in [-0.05, 0) is 12.1 Å². The third kappa shape index (κ3) is 3.46. The second-order valence-electron chi connectivity index (χ2n) is 4.94. The van der Waals surface area contributed by atoms with Crippen LogP contribution in [0.15, 0.2) is 30.5 Å².